The van der Waals surface area contributed by atoms with E-state index in [0.29, 0.717) is 23.8 Å². The third-order valence-electron chi connectivity index (χ3n) is 3.01. The summed E-state index contributed by atoms with van der Waals surface area (Å²) in [6, 6.07) is 12.2. The van der Waals surface area contributed by atoms with Gasteiger partial charge in [0.2, 0.25) is 11.7 Å². The topological polar surface area (TPSA) is 77.8 Å². The van der Waals surface area contributed by atoms with E-state index in [4.69, 9.17) is 10.3 Å². The lowest BCUT2D eigenvalue weighted by Gasteiger charge is -2.05. The van der Waals surface area contributed by atoms with Crippen LogP contribution in [0.3, 0.4) is 0 Å². The van der Waals surface area contributed by atoms with Gasteiger partial charge in [-0.2, -0.15) is 4.98 Å². The van der Waals surface area contributed by atoms with Crippen LogP contribution < -0.4 is 5.73 Å². The van der Waals surface area contributed by atoms with E-state index in [1.165, 1.54) is 12.1 Å². The molecule has 0 aliphatic carbocycles. The van der Waals surface area contributed by atoms with Gasteiger partial charge in [-0.05, 0) is 24.1 Å². The van der Waals surface area contributed by atoms with Gasteiger partial charge in [0.1, 0.15) is 11.5 Å². The van der Waals surface area contributed by atoms with Crippen LogP contribution in [0.15, 0.2) is 53.2 Å². The second kappa shape index (κ2) is 5.80. The van der Waals surface area contributed by atoms with Crippen molar-refractivity contribution in [1.29, 1.82) is 0 Å². The molecule has 0 amide bonds. The summed E-state index contributed by atoms with van der Waals surface area (Å²) >= 11 is 0. The normalized spacial score (nSPS) is 12.3. The number of rotatable bonds is 4. The number of nitrogens with two attached hydrogens (primary N) is 1. The van der Waals surface area contributed by atoms with Gasteiger partial charge in [0, 0.05) is 0 Å². The fourth-order valence-electron chi connectivity index (χ4n) is 1.95. The molecule has 0 aliphatic rings. The van der Waals surface area contributed by atoms with Crippen molar-refractivity contribution in [2.75, 3.05) is 0 Å². The Bertz CT molecular complexity index is 712. The van der Waals surface area contributed by atoms with Crippen LogP contribution in [-0.2, 0) is 6.42 Å². The maximum Gasteiger partial charge on any atom is 0.244 e. The van der Waals surface area contributed by atoms with E-state index in [1.807, 2.05) is 30.3 Å². The molecule has 0 bridgehead atoms. The third-order valence-corrected chi connectivity index (χ3v) is 3.01. The first-order valence-electron chi connectivity index (χ1n) is 6.47. The molecule has 0 spiro atoms. The Morgan fingerprint density at radius 3 is 2.67 bits per heavy atom. The van der Waals surface area contributed by atoms with Crippen LogP contribution in [0.2, 0.25) is 0 Å². The molecule has 5 nitrogen and oxygen atoms in total. The Labute approximate surface area is 120 Å². The molecule has 1 aromatic carbocycles. The molecule has 21 heavy (non-hydrogen) atoms. The van der Waals surface area contributed by atoms with Crippen molar-refractivity contribution >= 4 is 0 Å². The Balaban J connectivity index is 1.76. The molecule has 106 valence electrons. The number of hydrogen-bond acceptors (Lipinski definition) is 5. The highest BCUT2D eigenvalue weighted by Gasteiger charge is 2.16. The summed E-state index contributed by atoms with van der Waals surface area (Å²) in [5.41, 5.74) is 7.60. The Morgan fingerprint density at radius 1 is 1.14 bits per heavy atom. The molecular weight excluding hydrogens is 271 g/mol. The van der Waals surface area contributed by atoms with Crippen LogP contribution >= 0.6 is 0 Å². The van der Waals surface area contributed by atoms with Gasteiger partial charge in [0.15, 0.2) is 0 Å². The summed E-state index contributed by atoms with van der Waals surface area (Å²) < 4.78 is 18.0. The van der Waals surface area contributed by atoms with E-state index >= 15 is 0 Å². The molecule has 1 unspecified atom stereocenters. The van der Waals surface area contributed by atoms with E-state index < -0.39 is 11.9 Å². The van der Waals surface area contributed by atoms with Gasteiger partial charge < -0.3 is 10.3 Å². The predicted octanol–water partition coefficient (Wildman–Crippen LogP) is 2.51. The SMILES string of the molecule is NC(Cc1ccccc1)c1nc(-c2ccc(F)cn2)no1. The standard InChI is InChI=1S/C15H13FN4O/c16-11-6-7-13(18-9-11)14-19-15(21-20-14)12(17)8-10-4-2-1-3-5-10/h1-7,9,12H,8,17H2. The van der Waals surface area contributed by atoms with Crippen LogP contribution in [-0.4, -0.2) is 15.1 Å². The smallest absolute Gasteiger partial charge is 0.244 e. The van der Waals surface area contributed by atoms with Gasteiger partial charge in [-0.1, -0.05) is 35.5 Å². The monoisotopic (exact) mass is 284 g/mol. The molecule has 3 aromatic rings. The van der Waals surface area contributed by atoms with Gasteiger partial charge in [0.25, 0.3) is 0 Å². The first-order valence-corrected chi connectivity index (χ1v) is 6.47. The lowest BCUT2D eigenvalue weighted by molar-refractivity contribution is 0.354. The molecule has 1 atom stereocenters. The van der Waals surface area contributed by atoms with Crippen molar-refractivity contribution in [2.45, 2.75) is 12.5 Å². The van der Waals surface area contributed by atoms with Gasteiger partial charge in [-0.25, -0.2) is 9.37 Å². The zero-order valence-electron chi connectivity index (χ0n) is 11.1. The number of halogens is 1. The largest absolute Gasteiger partial charge is 0.337 e. The number of benzene rings is 1. The van der Waals surface area contributed by atoms with E-state index in [2.05, 4.69) is 15.1 Å². The third kappa shape index (κ3) is 3.11. The van der Waals surface area contributed by atoms with Crippen LogP contribution in [0.1, 0.15) is 17.5 Å². The molecule has 6 heteroatoms. The number of aromatic nitrogens is 3. The van der Waals surface area contributed by atoms with Gasteiger partial charge in [0.05, 0.1) is 12.2 Å². The minimum absolute atomic E-state index is 0.300. The Hall–Kier alpha value is -2.60. The Kier molecular flexibility index (Phi) is 3.70. The van der Waals surface area contributed by atoms with E-state index in [9.17, 15) is 4.39 Å². The minimum Gasteiger partial charge on any atom is -0.337 e. The van der Waals surface area contributed by atoms with Crippen molar-refractivity contribution in [3.05, 3.63) is 65.9 Å². The van der Waals surface area contributed by atoms with Crippen molar-refractivity contribution in [1.82, 2.24) is 15.1 Å². The van der Waals surface area contributed by atoms with E-state index in [0.717, 1.165) is 11.8 Å². The van der Waals surface area contributed by atoms with Crippen molar-refractivity contribution < 1.29 is 8.91 Å². The van der Waals surface area contributed by atoms with Crippen LogP contribution in [0, 0.1) is 5.82 Å². The lowest BCUT2D eigenvalue weighted by atomic mass is 10.1. The Morgan fingerprint density at radius 2 is 1.95 bits per heavy atom. The lowest BCUT2D eigenvalue weighted by Crippen LogP contribution is -2.13. The highest BCUT2D eigenvalue weighted by Crippen LogP contribution is 2.18. The molecule has 2 N–H and O–H groups in total. The molecule has 2 aromatic heterocycles. The van der Waals surface area contributed by atoms with Crippen molar-refractivity contribution in [3.8, 4) is 11.5 Å². The molecule has 0 fully saturated rings. The molecule has 0 radical (unpaired) electrons. The zero-order valence-corrected chi connectivity index (χ0v) is 11.1. The van der Waals surface area contributed by atoms with Crippen LogP contribution in [0.25, 0.3) is 11.5 Å². The quantitative estimate of drug-likeness (QED) is 0.796. The number of pyridine rings is 1. The van der Waals surface area contributed by atoms with Crippen molar-refractivity contribution in [3.63, 3.8) is 0 Å². The summed E-state index contributed by atoms with van der Waals surface area (Å²) in [4.78, 5) is 8.12. The maximum absolute atomic E-state index is 12.8. The highest BCUT2D eigenvalue weighted by molar-refractivity contribution is 5.47. The summed E-state index contributed by atoms with van der Waals surface area (Å²) in [5.74, 6) is 0.219. The van der Waals surface area contributed by atoms with E-state index in [1.54, 1.807) is 0 Å². The zero-order chi connectivity index (χ0) is 14.7. The van der Waals surface area contributed by atoms with Gasteiger partial charge in [-0.3, -0.25) is 0 Å². The fraction of sp³-hybridized carbons (Fsp3) is 0.133. The molecule has 2 heterocycles. The fourth-order valence-corrected chi connectivity index (χ4v) is 1.95. The van der Waals surface area contributed by atoms with Crippen LogP contribution in [0.5, 0.6) is 0 Å². The number of hydrogen-bond donors (Lipinski definition) is 1. The molecule has 3 rings (SSSR count). The second-order valence-corrected chi connectivity index (χ2v) is 4.61. The molecule has 0 saturated heterocycles. The molecular formula is C15H13FN4O. The maximum atomic E-state index is 12.8. The van der Waals surface area contributed by atoms with Crippen LogP contribution in [0.4, 0.5) is 4.39 Å². The minimum atomic E-state index is -0.414. The molecule has 0 aliphatic heterocycles. The van der Waals surface area contributed by atoms with Crippen molar-refractivity contribution in [2.24, 2.45) is 5.73 Å². The first kappa shape index (κ1) is 13.4. The summed E-state index contributed by atoms with van der Waals surface area (Å²) in [7, 11) is 0. The summed E-state index contributed by atoms with van der Waals surface area (Å²) in [6.07, 6.45) is 1.70. The van der Waals surface area contributed by atoms with Gasteiger partial charge >= 0.3 is 0 Å². The second-order valence-electron chi connectivity index (χ2n) is 4.61. The van der Waals surface area contributed by atoms with E-state index in [-0.39, 0.29) is 0 Å². The summed E-state index contributed by atoms with van der Waals surface area (Å²) in [5, 5.41) is 3.83. The summed E-state index contributed by atoms with van der Waals surface area (Å²) in [6.45, 7) is 0. The first-order chi connectivity index (χ1) is 10.2. The average molecular weight is 284 g/mol. The number of nitrogens with zero attached hydrogens (tertiary/aromatic N) is 3. The average Bonchev–Trinajstić information content (AvgIpc) is 2.99. The molecule has 0 saturated carbocycles. The van der Waals surface area contributed by atoms with Gasteiger partial charge in [-0.15, -0.1) is 0 Å². The highest BCUT2D eigenvalue weighted by atomic mass is 19.1. The predicted molar refractivity (Wildman–Crippen MR) is 74.6 cm³/mol.